The summed E-state index contributed by atoms with van der Waals surface area (Å²) >= 11 is 0. The van der Waals surface area contributed by atoms with Gasteiger partial charge in [0.05, 0.1) is 21.3 Å². The molecule has 1 aliphatic heterocycles. The molecule has 2 rings (SSSR count). The van der Waals surface area contributed by atoms with E-state index >= 15 is 0 Å². The second-order valence-electron chi connectivity index (χ2n) is 8.94. The maximum absolute atomic E-state index is 13.3. The van der Waals surface area contributed by atoms with Crippen LogP contribution in [0, 0.1) is 5.92 Å². The van der Waals surface area contributed by atoms with Gasteiger partial charge in [-0.3, -0.25) is 14.4 Å². The maximum Gasteiger partial charge on any atom is 0.254 e. The summed E-state index contributed by atoms with van der Waals surface area (Å²) in [4.78, 5) is 42.3. The fourth-order valence-electron chi connectivity index (χ4n) is 4.12. The molecule has 190 valence electrons. The van der Waals surface area contributed by atoms with Crippen LogP contribution < -0.4 is 19.5 Å². The Kier molecular flexibility index (Phi) is 10.0. The van der Waals surface area contributed by atoms with Crippen LogP contribution in [0.5, 0.6) is 17.2 Å². The number of carbonyl (C=O) groups is 3. The number of rotatable bonds is 10. The van der Waals surface area contributed by atoms with Gasteiger partial charge in [-0.15, -0.1) is 0 Å². The molecule has 0 aromatic heterocycles. The molecule has 0 aliphatic carbocycles. The fraction of sp³-hybridized carbons (Fsp3) is 0.640. The van der Waals surface area contributed by atoms with Crippen LogP contribution in [0.25, 0.3) is 0 Å². The third-order valence-corrected chi connectivity index (χ3v) is 6.12. The van der Waals surface area contributed by atoms with Crippen molar-refractivity contribution in [3.63, 3.8) is 0 Å². The molecule has 1 heterocycles. The third-order valence-electron chi connectivity index (χ3n) is 6.12. The molecular formula is C25H39N3O6. The number of piperazine rings is 1. The number of ether oxygens (including phenoxy) is 3. The Labute approximate surface area is 202 Å². The van der Waals surface area contributed by atoms with Crippen molar-refractivity contribution in [2.24, 2.45) is 5.92 Å². The molecular weight excluding hydrogens is 438 g/mol. The molecule has 1 fully saturated rings. The van der Waals surface area contributed by atoms with Gasteiger partial charge in [0.2, 0.25) is 17.6 Å². The number of amides is 3. The predicted molar refractivity (Wildman–Crippen MR) is 129 cm³/mol. The molecule has 1 saturated heterocycles. The van der Waals surface area contributed by atoms with Gasteiger partial charge in [-0.05, 0) is 31.4 Å². The highest BCUT2D eigenvalue weighted by Crippen LogP contribution is 2.38. The van der Waals surface area contributed by atoms with Gasteiger partial charge < -0.3 is 29.3 Å². The minimum atomic E-state index is -0.575. The Balaban J connectivity index is 2.13. The SMILES string of the molecule is CCCCC(=O)NC(C(=O)N1CCN(C(=O)c2cc(OC)c(OC)c(OC)c2)C(C)C1)C(C)C. The molecule has 0 radical (unpaired) electrons. The third kappa shape index (κ3) is 6.33. The van der Waals surface area contributed by atoms with Crippen molar-refractivity contribution in [2.75, 3.05) is 41.0 Å². The van der Waals surface area contributed by atoms with Crippen LogP contribution in [0.1, 0.15) is 57.3 Å². The number of carbonyl (C=O) groups excluding carboxylic acids is 3. The standard InChI is InChI=1S/C25H39N3O6/c1-8-9-10-21(29)26-22(16(2)3)25(31)27-11-12-28(17(4)15-27)24(30)18-13-19(32-5)23(34-7)20(14-18)33-6/h13-14,16-17,22H,8-12,15H2,1-7H3,(H,26,29). The van der Waals surface area contributed by atoms with E-state index in [9.17, 15) is 14.4 Å². The number of benzene rings is 1. The summed E-state index contributed by atoms with van der Waals surface area (Å²) in [6.07, 6.45) is 2.14. The van der Waals surface area contributed by atoms with E-state index < -0.39 is 6.04 Å². The first-order chi connectivity index (χ1) is 16.2. The summed E-state index contributed by atoms with van der Waals surface area (Å²) in [5.74, 6) is 0.824. The van der Waals surface area contributed by atoms with Crippen molar-refractivity contribution in [3.05, 3.63) is 17.7 Å². The van der Waals surface area contributed by atoms with Gasteiger partial charge in [0.15, 0.2) is 11.5 Å². The van der Waals surface area contributed by atoms with Crippen molar-refractivity contribution >= 4 is 17.7 Å². The number of hydrogen-bond acceptors (Lipinski definition) is 6. The molecule has 0 saturated carbocycles. The Morgan fingerprint density at radius 1 is 1.06 bits per heavy atom. The van der Waals surface area contributed by atoms with Crippen molar-refractivity contribution in [1.82, 2.24) is 15.1 Å². The lowest BCUT2D eigenvalue weighted by atomic mass is 10.0. The van der Waals surface area contributed by atoms with Crippen molar-refractivity contribution in [2.45, 2.75) is 59.0 Å². The van der Waals surface area contributed by atoms with Gasteiger partial charge in [-0.1, -0.05) is 27.2 Å². The molecule has 9 nitrogen and oxygen atoms in total. The first kappa shape index (κ1) is 27.3. The molecule has 9 heteroatoms. The Bertz CT molecular complexity index is 847. The highest BCUT2D eigenvalue weighted by molar-refractivity contribution is 5.96. The van der Waals surface area contributed by atoms with E-state index in [2.05, 4.69) is 5.32 Å². The fourth-order valence-corrected chi connectivity index (χ4v) is 4.12. The molecule has 0 bridgehead atoms. The van der Waals surface area contributed by atoms with E-state index in [1.165, 1.54) is 21.3 Å². The summed E-state index contributed by atoms with van der Waals surface area (Å²) in [7, 11) is 4.52. The van der Waals surface area contributed by atoms with Gasteiger partial charge in [-0.25, -0.2) is 0 Å². The lowest BCUT2D eigenvalue weighted by Crippen LogP contribution is -2.59. The van der Waals surface area contributed by atoms with Crippen LogP contribution >= 0.6 is 0 Å². The van der Waals surface area contributed by atoms with E-state index in [1.807, 2.05) is 27.7 Å². The van der Waals surface area contributed by atoms with E-state index in [-0.39, 0.29) is 29.7 Å². The number of nitrogens with zero attached hydrogens (tertiary/aromatic N) is 2. The molecule has 1 N–H and O–H groups in total. The van der Waals surface area contributed by atoms with E-state index in [4.69, 9.17) is 14.2 Å². The lowest BCUT2D eigenvalue weighted by Gasteiger charge is -2.41. The van der Waals surface area contributed by atoms with Crippen molar-refractivity contribution < 1.29 is 28.6 Å². The van der Waals surface area contributed by atoms with E-state index in [1.54, 1.807) is 21.9 Å². The normalized spacial score (nSPS) is 16.8. The monoisotopic (exact) mass is 477 g/mol. The Hall–Kier alpha value is -2.97. The highest BCUT2D eigenvalue weighted by Gasteiger charge is 2.35. The molecule has 0 spiro atoms. The minimum Gasteiger partial charge on any atom is -0.493 e. The molecule has 2 atom stereocenters. The predicted octanol–water partition coefficient (Wildman–Crippen LogP) is 2.72. The van der Waals surface area contributed by atoms with Crippen molar-refractivity contribution in [1.29, 1.82) is 0 Å². The zero-order chi connectivity index (χ0) is 25.4. The second kappa shape index (κ2) is 12.5. The zero-order valence-corrected chi connectivity index (χ0v) is 21.5. The average molecular weight is 478 g/mol. The summed E-state index contributed by atoms with van der Waals surface area (Å²) in [5.41, 5.74) is 0.421. The van der Waals surface area contributed by atoms with Crippen LogP contribution in [-0.4, -0.2) is 80.6 Å². The van der Waals surface area contributed by atoms with Gasteiger partial charge in [0, 0.05) is 37.7 Å². The van der Waals surface area contributed by atoms with Crippen LogP contribution in [-0.2, 0) is 9.59 Å². The first-order valence-electron chi connectivity index (χ1n) is 11.9. The topological polar surface area (TPSA) is 97.4 Å². The molecule has 1 aromatic rings. The molecule has 34 heavy (non-hydrogen) atoms. The molecule has 2 unspecified atom stereocenters. The number of hydrogen-bond donors (Lipinski definition) is 1. The van der Waals surface area contributed by atoms with E-state index in [0.717, 1.165) is 12.8 Å². The number of unbranched alkanes of at least 4 members (excludes halogenated alkanes) is 1. The highest BCUT2D eigenvalue weighted by atomic mass is 16.5. The summed E-state index contributed by atoms with van der Waals surface area (Å²) in [6, 6.07) is 2.49. The summed E-state index contributed by atoms with van der Waals surface area (Å²) in [6.45, 7) is 8.97. The van der Waals surface area contributed by atoms with Crippen molar-refractivity contribution in [3.8, 4) is 17.2 Å². The van der Waals surface area contributed by atoms with Gasteiger partial charge in [0.25, 0.3) is 5.91 Å². The second-order valence-corrected chi connectivity index (χ2v) is 8.94. The number of methoxy groups -OCH3 is 3. The molecule has 3 amide bonds. The van der Waals surface area contributed by atoms with Gasteiger partial charge >= 0.3 is 0 Å². The molecule has 1 aromatic carbocycles. The Morgan fingerprint density at radius 3 is 2.15 bits per heavy atom. The lowest BCUT2D eigenvalue weighted by molar-refractivity contribution is -0.139. The first-order valence-corrected chi connectivity index (χ1v) is 11.9. The number of nitrogens with one attached hydrogen (secondary N) is 1. The Morgan fingerprint density at radius 2 is 1.68 bits per heavy atom. The van der Waals surface area contributed by atoms with Crippen LogP contribution in [0.3, 0.4) is 0 Å². The summed E-state index contributed by atoms with van der Waals surface area (Å²) < 4.78 is 16.1. The zero-order valence-electron chi connectivity index (χ0n) is 21.5. The largest absolute Gasteiger partial charge is 0.493 e. The quantitative estimate of drug-likeness (QED) is 0.557. The van der Waals surface area contributed by atoms with Crippen LogP contribution in [0.15, 0.2) is 12.1 Å². The van der Waals surface area contributed by atoms with Crippen LogP contribution in [0.2, 0.25) is 0 Å². The minimum absolute atomic E-state index is 0.0349. The maximum atomic E-state index is 13.3. The van der Waals surface area contributed by atoms with Gasteiger partial charge in [0.1, 0.15) is 6.04 Å². The van der Waals surface area contributed by atoms with Gasteiger partial charge in [-0.2, -0.15) is 0 Å². The summed E-state index contributed by atoms with van der Waals surface area (Å²) in [5, 5.41) is 2.91. The van der Waals surface area contributed by atoms with Crippen LogP contribution in [0.4, 0.5) is 0 Å². The average Bonchev–Trinajstić information content (AvgIpc) is 2.83. The van der Waals surface area contributed by atoms with E-state index in [0.29, 0.717) is 48.9 Å². The molecule has 1 aliphatic rings. The smallest absolute Gasteiger partial charge is 0.254 e.